The molecule has 1 N–H and O–H groups in total. The van der Waals surface area contributed by atoms with Gasteiger partial charge in [0.2, 0.25) is 5.91 Å². The van der Waals surface area contributed by atoms with Crippen molar-refractivity contribution in [2.45, 2.75) is 96.3 Å². The number of hydrogen-bond acceptors (Lipinski definition) is 2. The molecule has 2 aromatic rings. The van der Waals surface area contributed by atoms with Crippen LogP contribution >= 0.6 is 0 Å². The average molecular weight is 517 g/mol. The van der Waals surface area contributed by atoms with Gasteiger partial charge in [-0.05, 0) is 99.3 Å². The molecule has 4 saturated carbocycles. The van der Waals surface area contributed by atoms with E-state index in [1.165, 1.54) is 24.8 Å². The van der Waals surface area contributed by atoms with E-state index in [9.17, 15) is 9.59 Å². The number of benzene rings is 1. The van der Waals surface area contributed by atoms with Gasteiger partial charge in [0, 0.05) is 36.6 Å². The second-order valence-corrected chi connectivity index (χ2v) is 13.3. The Morgan fingerprint density at radius 3 is 2.16 bits per heavy atom. The van der Waals surface area contributed by atoms with Crippen LogP contribution in [0.15, 0.2) is 42.6 Å². The molecule has 0 saturated heterocycles. The Balaban J connectivity index is 1.21. The molecular formula is C32H44N4O2. The molecule has 5 aliphatic rings. The molecule has 1 aromatic heterocycles. The van der Waals surface area contributed by atoms with Crippen LogP contribution in [0.3, 0.4) is 0 Å². The molecule has 0 spiro atoms. The highest BCUT2D eigenvalue weighted by molar-refractivity contribution is 5.85. The van der Waals surface area contributed by atoms with Gasteiger partial charge in [-0.2, -0.15) is 0 Å². The van der Waals surface area contributed by atoms with Gasteiger partial charge in [0.05, 0.1) is 6.04 Å². The summed E-state index contributed by atoms with van der Waals surface area (Å²) >= 11 is 0. The van der Waals surface area contributed by atoms with Crippen molar-refractivity contribution in [3.05, 3.63) is 59.4 Å². The molecule has 4 aliphatic carbocycles. The van der Waals surface area contributed by atoms with Crippen LogP contribution in [0.1, 0.15) is 95.0 Å². The van der Waals surface area contributed by atoms with Crippen molar-refractivity contribution in [2.24, 2.45) is 17.8 Å². The van der Waals surface area contributed by atoms with Gasteiger partial charge in [0.15, 0.2) is 0 Å². The van der Waals surface area contributed by atoms with Crippen LogP contribution in [0.25, 0.3) is 0 Å². The van der Waals surface area contributed by atoms with Crippen LogP contribution in [0.4, 0.5) is 4.79 Å². The number of hydrogen-bond donors (Lipinski definition) is 1. The third-order valence-corrected chi connectivity index (χ3v) is 9.88. The van der Waals surface area contributed by atoms with Crippen molar-refractivity contribution < 1.29 is 9.59 Å². The van der Waals surface area contributed by atoms with Gasteiger partial charge in [-0.15, -0.1) is 0 Å². The molecule has 0 radical (unpaired) electrons. The predicted molar refractivity (Wildman–Crippen MR) is 150 cm³/mol. The minimum atomic E-state index is -0.146. The first-order valence-corrected chi connectivity index (χ1v) is 14.8. The zero-order valence-electron chi connectivity index (χ0n) is 23.5. The zero-order valence-corrected chi connectivity index (χ0v) is 23.5. The molecule has 4 bridgehead atoms. The maximum atomic E-state index is 14.0. The highest BCUT2D eigenvalue weighted by Gasteiger charge is 2.52. The van der Waals surface area contributed by atoms with E-state index in [0.29, 0.717) is 12.5 Å². The van der Waals surface area contributed by atoms with Gasteiger partial charge in [0.25, 0.3) is 0 Å². The average Bonchev–Trinajstić information content (AvgIpc) is 3.34. The highest BCUT2D eigenvalue weighted by atomic mass is 16.2. The number of nitrogens with one attached hydrogen (secondary N) is 1. The number of amides is 3. The number of aromatic nitrogens is 1. The number of rotatable bonds is 6. The lowest BCUT2D eigenvalue weighted by Gasteiger charge is -2.57. The molecule has 38 heavy (non-hydrogen) atoms. The third-order valence-electron chi connectivity index (χ3n) is 9.88. The van der Waals surface area contributed by atoms with Gasteiger partial charge >= 0.3 is 6.03 Å². The summed E-state index contributed by atoms with van der Waals surface area (Å²) in [5.41, 5.74) is 3.49. The van der Waals surface area contributed by atoms with E-state index in [-0.39, 0.29) is 36.1 Å². The number of nitrogens with zero attached hydrogens (tertiary/aromatic N) is 3. The molecule has 204 valence electrons. The molecule has 6 nitrogen and oxygen atoms in total. The van der Waals surface area contributed by atoms with Crippen LogP contribution in [0.5, 0.6) is 0 Å². The molecule has 1 unspecified atom stereocenters. The van der Waals surface area contributed by atoms with Gasteiger partial charge in [-0.25, -0.2) is 4.79 Å². The third kappa shape index (κ3) is 4.65. The molecule has 2 heterocycles. The van der Waals surface area contributed by atoms with Crippen LogP contribution in [0, 0.1) is 17.8 Å². The Labute approximate surface area is 227 Å². The lowest BCUT2D eigenvalue weighted by atomic mass is 9.53. The number of carbonyl (C=O) groups is 2. The van der Waals surface area contributed by atoms with E-state index in [1.54, 1.807) is 4.90 Å². The maximum Gasteiger partial charge on any atom is 0.318 e. The topological polar surface area (TPSA) is 57.6 Å². The zero-order chi connectivity index (χ0) is 26.6. The molecule has 4 fully saturated rings. The van der Waals surface area contributed by atoms with Crippen molar-refractivity contribution in [1.29, 1.82) is 0 Å². The van der Waals surface area contributed by atoms with E-state index >= 15 is 0 Å². The quantitative estimate of drug-likeness (QED) is 0.517. The standard InChI is InChI=1S/C32H44N4O2/c1-21(2)26-7-9-27(10-8-26)30-28-6-5-11-34(28)12-13-35(30)29(37)20-36(22(3)4)31(38)33-32-17-23-14-24(18-32)16-25(15-23)19-32/h5-11,21-25,30H,12-20H2,1-4H3,(H,33,38). The van der Waals surface area contributed by atoms with Gasteiger partial charge < -0.3 is 19.7 Å². The number of carbonyl (C=O) groups excluding carboxylic acids is 2. The highest BCUT2D eigenvalue weighted by Crippen LogP contribution is 2.55. The SMILES string of the molecule is CC(C)c1ccc(C2c3cccn3CCN2C(=O)CN(C(=O)NC23CC4CC(CC(C4)C2)C3)C(C)C)cc1. The van der Waals surface area contributed by atoms with Crippen LogP contribution in [-0.4, -0.2) is 51.0 Å². The van der Waals surface area contributed by atoms with Crippen molar-refractivity contribution >= 4 is 11.9 Å². The summed E-state index contributed by atoms with van der Waals surface area (Å²) in [6.07, 6.45) is 9.48. The van der Waals surface area contributed by atoms with Crippen molar-refractivity contribution in [3.8, 4) is 0 Å². The van der Waals surface area contributed by atoms with Crippen molar-refractivity contribution in [2.75, 3.05) is 13.1 Å². The largest absolute Gasteiger partial charge is 0.348 e. The lowest BCUT2D eigenvalue weighted by Crippen LogP contribution is -2.63. The Morgan fingerprint density at radius 1 is 0.947 bits per heavy atom. The Hall–Kier alpha value is -2.76. The van der Waals surface area contributed by atoms with E-state index in [1.807, 2.05) is 18.7 Å². The molecule has 1 aliphatic heterocycles. The maximum absolute atomic E-state index is 14.0. The van der Waals surface area contributed by atoms with E-state index in [0.717, 1.165) is 54.8 Å². The Kier molecular flexibility index (Phi) is 6.56. The predicted octanol–water partition coefficient (Wildman–Crippen LogP) is 5.93. The summed E-state index contributed by atoms with van der Waals surface area (Å²) in [6.45, 7) is 9.97. The Morgan fingerprint density at radius 2 is 1.58 bits per heavy atom. The smallest absolute Gasteiger partial charge is 0.318 e. The second kappa shape index (κ2) is 9.77. The monoisotopic (exact) mass is 516 g/mol. The minimum Gasteiger partial charge on any atom is -0.348 e. The molecule has 7 rings (SSSR count). The molecule has 1 aromatic carbocycles. The minimum absolute atomic E-state index is 0.0183. The van der Waals surface area contributed by atoms with Crippen LogP contribution < -0.4 is 5.32 Å². The summed E-state index contributed by atoms with van der Waals surface area (Å²) in [4.78, 5) is 31.5. The Bertz CT molecular complexity index is 1150. The number of fused-ring (bicyclic) bond motifs is 1. The first kappa shape index (κ1) is 25.5. The van der Waals surface area contributed by atoms with Crippen molar-refractivity contribution in [3.63, 3.8) is 0 Å². The molecule has 1 atom stereocenters. The summed E-state index contributed by atoms with van der Waals surface area (Å²) in [5.74, 6) is 2.78. The van der Waals surface area contributed by atoms with E-state index in [4.69, 9.17) is 0 Å². The van der Waals surface area contributed by atoms with Crippen LogP contribution in [0.2, 0.25) is 0 Å². The lowest BCUT2D eigenvalue weighted by molar-refractivity contribution is -0.135. The van der Waals surface area contributed by atoms with Crippen LogP contribution in [-0.2, 0) is 11.3 Å². The molecule has 3 amide bonds. The van der Waals surface area contributed by atoms with Gasteiger partial charge in [-0.1, -0.05) is 38.1 Å². The second-order valence-electron chi connectivity index (χ2n) is 13.3. The van der Waals surface area contributed by atoms with E-state index in [2.05, 4.69) is 66.3 Å². The van der Waals surface area contributed by atoms with Crippen molar-refractivity contribution in [1.82, 2.24) is 19.7 Å². The van der Waals surface area contributed by atoms with Gasteiger partial charge in [-0.3, -0.25) is 4.79 Å². The van der Waals surface area contributed by atoms with E-state index < -0.39 is 0 Å². The summed E-state index contributed by atoms with van der Waals surface area (Å²) in [6, 6.07) is 12.6. The number of urea groups is 1. The first-order valence-electron chi connectivity index (χ1n) is 14.8. The summed E-state index contributed by atoms with van der Waals surface area (Å²) < 4.78 is 2.25. The summed E-state index contributed by atoms with van der Waals surface area (Å²) in [5, 5.41) is 3.50. The first-order chi connectivity index (χ1) is 18.2. The normalized spacial score (nSPS) is 29.6. The fraction of sp³-hybridized carbons (Fsp3) is 0.625. The fourth-order valence-corrected chi connectivity index (χ4v) is 8.35. The van der Waals surface area contributed by atoms with Gasteiger partial charge in [0.1, 0.15) is 6.54 Å². The molecule has 6 heteroatoms. The fourth-order valence-electron chi connectivity index (χ4n) is 8.35. The summed E-state index contributed by atoms with van der Waals surface area (Å²) in [7, 11) is 0. The molecular weight excluding hydrogens is 472 g/mol.